The van der Waals surface area contributed by atoms with Gasteiger partial charge in [0.25, 0.3) is 5.91 Å². The van der Waals surface area contributed by atoms with Crippen molar-refractivity contribution in [2.75, 3.05) is 7.11 Å². The summed E-state index contributed by atoms with van der Waals surface area (Å²) in [5.41, 5.74) is 7.42. The molecule has 2 rings (SSSR count). The molecule has 0 fully saturated rings. The number of nitrogens with zero attached hydrogens (tertiary/aromatic N) is 1. The molecule has 2 amide bonds. The molecule has 0 heterocycles. The Balaban J connectivity index is 2.10. The minimum absolute atomic E-state index is 0.234. The fraction of sp³-hybridized carbons (Fsp3) is 0.211. The number of rotatable bonds is 7. The number of ether oxygens (including phenoxy) is 1. The first-order valence-corrected chi connectivity index (χ1v) is 7.71. The van der Waals surface area contributed by atoms with Crippen molar-refractivity contribution in [2.45, 2.75) is 18.6 Å². The van der Waals surface area contributed by atoms with Crippen molar-refractivity contribution >= 4 is 11.8 Å². The molecule has 6 heteroatoms. The smallest absolute Gasteiger partial charge is 0.254 e. The van der Waals surface area contributed by atoms with Crippen LogP contribution in [0.15, 0.2) is 54.6 Å². The van der Waals surface area contributed by atoms with Gasteiger partial charge in [0.05, 0.1) is 11.6 Å². The molecule has 2 aromatic carbocycles. The maximum absolute atomic E-state index is 12.5. The van der Waals surface area contributed by atoms with Crippen LogP contribution >= 0.6 is 0 Å². The standard InChI is InChI=1S/C19H19N3O3/c1-25-17(15-5-3-2-4-6-15)19(24)22-16(18(21)23)11-13-7-9-14(12-20)10-8-13/h2-10,16-17H,11H2,1H3,(H2,21,23)(H,22,24)/t16-,17+/m0/s1. The van der Waals surface area contributed by atoms with Gasteiger partial charge in [0, 0.05) is 13.5 Å². The lowest BCUT2D eigenvalue weighted by atomic mass is 10.0. The molecule has 0 aliphatic rings. The summed E-state index contributed by atoms with van der Waals surface area (Å²) < 4.78 is 5.26. The number of benzene rings is 2. The Hall–Kier alpha value is -3.17. The molecule has 0 spiro atoms. The minimum Gasteiger partial charge on any atom is -0.368 e. The topological polar surface area (TPSA) is 105 Å². The number of carbonyl (C=O) groups is 2. The van der Waals surface area contributed by atoms with E-state index in [4.69, 9.17) is 15.7 Å². The molecule has 6 nitrogen and oxygen atoms in total. The third-order valence-corrected chi connectivity index (χ3v) is 3.76. The van der Waals surface area contributed by atoms with Gasteiger partial charge < -0.3 is 15.8 Å². The molecule has 0 aliphatic carbocycles. The van der Waals surface area contributed by atoms with Gasteiger partial charge in [-0.1, -0.05) is 42.5 Å². The normalized spacial score (nSPS) is 12.6. The van der Waals surface area contributed by atoms with Crippen LogP contribution in [0.5, 0.6) is 0 Å². The molecule has 2 atom stereocenters. The molecule has 3 N–H and O–H groups in total. The maximum Gasteiger partial charge on any atom is 0.254 e. The summed E-state index contributed by atoms with van der Waals surface area (Å²) in [6, 6.07) is 16.9. The van der Waals surface area contributed by atoms with Gasteiger partial charge in [-0.15, -0.1) is 0 Å². The molecular weight excluding hydrogens is 318 g/mol. The minimum atomic E-state index is -0.873. The van der Waals surface area contributed by atoms with Crippen LogP contribution in [0, 0.1) is 11.3 Å². The number of hydrogen-bond acceptors (Lipinski definition) is 4. The van der Waals surface area contributed by atoms with Crippen molar-refractivity contribution in [2.24, 2.45) is 5.73 Å². The van der Waals surface area contributed by atoms with Gasteiger partial charge in [-0.3, -0.25) is 9.59 Å². The molecule has 0 saturated heterocycles. The Bertz CT molecular complexity index is 767. The second-order valence-corrected chi connectivity index (χ2v) is 5.50. The van der Waals surface area contributed by atoms with E-state index in [0.29, 0.717) is 11.1 Å². The van der Waals surface area contributed by atoms with Crippen molar-refractivity contribution in [3.05, 3.63) is 71.3 Å². The highest BCUT2D eigenvalue weighted by molar-refractivity contribution is 5.89. The Labute approximate surface area is 146 Å². The van der Waals surface area contributed by atoms with Crippen LogP contribution in [0.3, 0.4) is 0 Å². The molecule has 0 unspecified atom stereocenters. The number of nitrogens with one attached hydrogen (secondary N) is 1. The third-order valence-electron chi connectivity index (χ3n) is 3.76. The van der Waals surface area contributed by atoms with Crippen LogP contribution in [0.2, 0.25) is 0 Å². The van der Waals surface area contributed by atoms with Gasteiger partial charge in [0.1, 0.15) is 6.04 Å². The van der Waals surface area contributed by atoms with Gasteiger partial charge in [0.15, 0.2) is 6.10 Å². The zero-order chi connectivity index (χ0) is 18.2. The highest BCUT2D eigenvalue weighted by atomic mass is 16.5. The molecule has 2 aromatic rings. The van der Waals surface area contributed by atoms with E-state index in [1.807, 2.05) is 12.1 Å². The van der Waals surface area contributed by atoms with E-state index < -0.39 is 24.0 Å². The van der Waals surface area contributed by atoms with E-state index in [1.54, 1.807) is 48.5 Å². The zero-order valence-electron chi connectivity index (χ0n) is 13.8. The van der Waals surface area contributed by atoms with Crippen LogP contribution < -0.4 is 11.1 Å². The van der Waals surface area contributed by atoms with Crippen LogP contribution in [-0.2, 0) is 20.7 Å². The van der Waals surface area contributed by atoms with Gasteiger partial charge in [-0.2, -0.15) is 5.26 Å². The van der Waals surface area contributed by atoms with Gasteiger partial charge in [-0.25, -0.2) is 0 Å². The third kappa shape index (κ3) is 4.90. The first-order valence-electron chi connectivity index (χ1n) is 7.71. The quantitative estimate of drug-likeness (QED) is 0.798. The molecular formula is C19H19N3O3. The number of hydrogen-bond donors (Lipinski definition) is 2. The van der Waals surface area contributed by atoms with Crippen molar-refractivity contribution in [1.29, 1.82) is 5.26 Å². The summed E-state index contributed by atoms with van der Waals surface area (Å²) in [6.07, 6.45) is -0.595. The largest absolute Gasteiger partial charge is 0.368 e. The average molecular weight is 337 g/mol. The van der Waals surface area contributed by atoms with Crippen molar-refractivity contribution in [3.8, 4) is 6.07 Å². The van der Waals surface area contributed by atoms with E-state index in [-0.39, 0.29) is 6.42 Å². The Morgan fingerprint density at radius 2 is 1.80 bits per heavy atom. The first-order chi connectivity index (χ1) is 12.0. The predicted molar refractivity (Wildman–Crippen MR) is 92.2 cm³/mol. The summed E-state index contributed by atoms with van der Waals surface area (Å²) >= 11 is 0. The summed E-state index contributed by atoms with van der Waals surface area (Å²) in [6.45, 7) is 0. The Morgan fingerprint density at radius 3 is 2.32 bits per heavy atom. The molecule has 0 aliphatic heterocycles. The first kappa shape index (κ1) is 18.2. The Kier molecular flexibility index (Phi) is 6.26. The highest BCUT2D eigenvalue weighted by Gasteiger charge is 2.25. The number of amides is 2. The van der Waals surface area contributed by atoms with Gasteiger partial charge >= 0.3 is 0 Å². The summed E-state index contributed by atoms with van der Waals surface area (Å²) in [5, 5.41) is 11.5. The van der Waals surface area contributed by atoms with Crippen LogP contribution in [0.4, 0.5) is 0 Å². The van der Waals surface area contributed by atoms with Crippen LogP contribution in [0.1, 0.15) is 22.8 Å². The lowest BCUT2D eigenvalue weighted by Gasteiger charge is -2.20. The average Bonchev–Trinajstić information content (AvgIpc) is 2.63. The molecule has 25 heavy (non-hydrogen) atoms. The highest BCUT2D eigenvalue weighted by Crippen LogP contribution is 2.17. The predicted octanol–water partition coefficient (Wildman–Crippen LogP) is 1.46. The molecule has 0 aromatic heterocycles. The summed E-state index contributed by atoms with van der Waals surface area (Å²) in [4.78, 5) is 24.2. The number of methoxy groups -OCH3 is 1. The van der Waals surface area contributed by atoms with Gasteiger partial charge in [0.2, 0.25) is 5.91 Å². The van der Waals surface area contributed by atoms with E-state index in [2.05, 4.69) is 5.32 Å². The van der Waals surface area contributed by atoms with Crippen molar-refractivity contribution in [1.82, 2.24) is 5.32 Å². The van der Waals surface area contributed by atoms with E-state index in [1.165, 1.54) is 7.11 Å². The number of nitrogens with two attached hydrogens (primary N) is 1. The molecule has 0 saturated carbocycles. The zero-order valence-corrected chi connectivity index (χ0v) is 13.8. The van der Waals surface area contributed by atoms with E-state index in [9.17, 15) is 9.59 Å². The number of primary amides is 1. The number of carbonyl (C=O) groups excluding carboxylic acids is 2. The summed E-state index contributed by atoms with van der Waals surface area (Å²) in [7, 11) is 1.43. The Morgan fingerprint density at radius 1 is 1.16 bits per heavy atom. The monoisotopic (exact) mass is 337 g/mol. The lowest BCUT2D eigenvalue weighted by Crippen LogP contribution is -2.47. The summed E-state index contributed by atoms with van der Waals surface area (Å²) in [5.74, 6) is -1.08. The van der Waals surface area contributed by atoms with Crippen LogP contribution in [0.25, 0.3) is 0 Å². The van der Waals surface area contributed by atoms with Gasteiger partial charge in [-0.05, 0) is 23.3 Å². The maximum atomic E-state index is 12.5. The molecule has 128 valence electrons. The van der Waals surface area contributed by atoms with E-state index >= 15 is 0 Å². The fourth-order valence-electron chi connectivity index (χ4n) is 2.44. The second-order valence-electron chi connectivity index (χ2n) is 5.50. The van der Waals surface area contributed by atoms with E-state index in [0.717, 1.165) is 5.56 Å². The number of nitriles is 1. The van der Waals surface area contributed by atoms with Crippen LogP contribution in [-0.4, -0.2) is 25.0 Å². The SMILES string of the molecule is CO[C@@H](C(=O)N[C@@H](Cc1ccc(C#N)cc1)C(N)=O)c1ccccc1. The van der Waals surface area contributed by atoms with Crippen molar-refractivity contribution < 1.29 is 14.3 Å². The fourth-order valence-corrected chi connectivity index (χ4v) is 2.44. The molecule has 0 radical (unpaired) electrons. The van der Waals surface area contributed by atoms with Crippen molar-refractivity contribution in [3.63, 3.8) is 0 Å². The lowest BCUT2D eigenvalue weighted by molar-refractivity contribution is -0.134. The molecule has 0 bridgehead atoms. The second kappa shape index (κ2) is 8.62.